The first-order valence-corrected chi connectivity index (χ1v) is 5.77. The fourth-order valence-corrected chi connectivity index (χ4v) is 2.83. The monoisotopic (exact) mass is 205 g/mol. The average Bonchev–Trinajstić information content (AvgIpc) is 2.56. The zero-order chi connectivity index (χ0) is 9.54. The molecule has 0 aromatic carbocycles. The maximum Gasteiger partial charge on any atom is 0.178 e. The summed E-state index contributed by atoms with van der Waals surface area (Å²) in [5, 5.41) is 1.12. The highest BCUT2D eigenvalue weighted by Gasteiger charge is 2.19. The largest absolute Gasteiger partial charge is 0.317 e. The van der Waals surface area contributed by atoms with E-state index in [0.29, 0.717) is 0 Å². The molecule has 0 bridgehead atoms. The second kappa shape index (κ2) is 2.98. The predicted octanol–water partition coefficient (Wildman–Crippen LogP) is 2.17. The van der Waals surface area contributed by atoms with Crippen molar-refractivity contribution in [2.45, 2.75) is 18.6 Å². The van der Waals surface area contributed by atoms with E-state index in [9.17, 15) is 0 Å². The SMILES string of the molecule is CC1CSc2nc3ncccc3n2C1. The molecule has 14 heavy (non-hydrogen) atoms. The maximum atomic E-state index is 4.50. The van der Waals surface area contributed by atoms with Crippen molar-refractivity contribution in [1.29, 1.82) is 0 Å². The Labute approximate surface area is 86.5 Å². The van der Waals surface area contributed by atoms with Gasteiger partial charge in [0.05, 0.1) is 5.52 Å². The number of nitrogens with zero attached hydrogens (tertiary/aromatic N) is 3. The molecule has 1 unspecified atom stereocenters. The van der Waals surface area contributed by atoms with Crippen LogP contribution in [0.15, 0.2) is 23.5 Å². The van der Waals surface area contributed by atoms with Crippen molar-refractivity contribution in [3.8, 4) is 0 Å². The first kappa shape index (κ1) is 8.29. The number of hydrogen-bond acceptors (Lipinski definition) is 3. The van der Waals surface area contributed by atoms with Gasteiger partial charge in [-0.25, -0.2) is 9.97 Å². The highest BCUT2D eigenvalue weighted by Crippen LogP contribution is 2.30. The number of aromatic nitrogens is 3. The minimum Gasteiger partial charge on any atom is -0.317 e. The van der Waals surface area contributed by atoms with E-state index in [1.807, 2.05) is 17.8 Å². The van der Waals surface area contributed by atoms with Gasteiger partial charge in [-0.3, -0.25) is 0 Å². The van der Waals surface area contributed by atoms with Crippen LogP contribution < -0.4 is 0 Å². The Kier molecular flexibility index (Phi) is 1.77. The number of pyridine rings is 1. The normalized spacial score (nSPS) is 21.1. The maximum absolute atomic E-state index is 4.50. The van der Waals surface area contributed by atoms with E-state index in [1.54, 1.807) is 6.20 Å². The molecule has 1 atom stereocenters. The molecular weight excluding hydrogens is 194 g/mol. The summed E-state index contributed by atoms with van der Waals surface area (Å²) < 4.78 is 2.28. The molecule has 3 rings (SSSR count). The topological polar surface area (TPSA) is 30.7 Å². The molecule has 1 aliphatic heterocycles. The number of rotatable bonds is 0. The van der Waals surface area contributed by atoms with Gasteiger partial charge in [0, 0.05) is 18.5 Å². The van der Waals surface area contributed by atoms with E-state index in [2.05, 4.69) is 27.5 Å². The molecule has 0 radical (unpaired) electrons. The molecule has 0 saturated heterocycles. The van der Waals surface area contributed by atoms with E-state index in [0.717, 1.165) is 23.3 Å². The molecule has 0 spiro atoms. The minimum absolute atomic E-state index is 0.727. The predicted molar refractivity (Wildman–Crippen MR) is 57.4 cm³/mol. The Morgan fingerprint density at radius 3 is 3.43 bits per heavy atom. The van der Waals surface area contributed by atoms with Crippen molar-refractivity contribution in [3.05, 3.63) is 18.3 Å². The Bertz CT molecular complexity index is 477. The third-order valence-electron chi connectivity index (χ3n) is 2.48. The molecule has 2 aromatic rings. The van der Waals surface area contributed by atoms with E-state index in [-0.39, 0.29) is 0 Å². The molecule has 2 aromatic heterocycles. The Hall–Kier alpha value is -1.03. The van der Waals surface area contributed by atoms with Crippen LogP contribution in [0.3, 0.4) is 0 Å². The molecule has 3 heterocycles. The van der Waals surface area contributed by atoms with Gasteiger partial charge >= 0.3 is 0 Å². The molecule has 0 fully saturated rings. The molecule has 0 N–H and O–H groups in total. The van der Waals surface area contributed by atoms with E-state index >= 15 is 0 Å². The Balaban J connectivity index is 2.25. The van der Waals surface area contributed by atoms with Crippen LogP contribution in [0.5, 0.6) is 0 Å². The molecule has 4 heteroatoms. The number of hydrogen-bond donors (Lipinski definition) is 0. The first-order chi connectivity index (χ1) is 6.84. The quantitative estimate of drug-likeness (QED) is 0.660. The minimum atomic E-state index is 0.727. The summed E-state index contributed by atoms with van der Waals surface area (Å²) in [4.78, 5) is 8.77. The lowest BCUT2D eigenvalue weighted by molar-refractivity contribution is 0.495. The van der Waals surface area contributed by atoms with E-state index in [1.165, 1.54) is 11.3 Å². The molecular formula is C10H11N3S. The van der Waals surface area contributed by atoms with Crippen LogP contribution >= 0.6 is 11.8 Å². The van der Waals surface area contributed by atoms with Crippen molar-refractivity contribution in [2.75, 3.05) is 5.75 Å². The molecule has 0 saturated carbocycles. The molecule has 0 aliphatic carbocycles. The van der Waals surface area contributed by atoms with Crippen LogP contribution in [0.1, 0.15) is 6.92 Å². The third-order valence-corrected chi connectivity index (χ3v) is 3.79. The smallest absolute Gasteiger partial charge is 0.178 e. The number of imidazole rings is 1. The van der Waals surface area contributed by atoms with Gasteiger partial charge in [-0.15, -0.1) is 0 Å². The molecule has 72 valence electrons. The lowest BCUT2D eigenvalue weighted by Gasteiger charge is -2.19. The summed E-state index contributed by atoms with van der Waals surface area (Å²) in [6, 6.07) is 4.07. The van der Waals surface area contributed by atoms with Crippen LogP contribution in [0.2, 0.25) is 0 Å². The second-order valence-corrected chi connectivity index (χ2v) is 4.75. The van der Waals surface area contributed by atoms with Crippen molar-refractivity contribution < 1.29 is 0 Å². The summed E-state index contributed by atoms with van der Waals surface area (Å²) >= 11 is 1.83. The average molecular weight is 205 g/mol. The summed E-state index contributed by atoms with van der Waals surface area (Å²) in [5.74, 6) is 1.90. The van der Waals surface area contributed by atoms with Gasteiger partial charge in [0.1, 0.15) is 0 Å². The molecule has 1 aliphatic rings. The van der Waals surface area contributed by atoms with Crippen molar-refractivity contribution in [3.63, 3.8) is 0 Å². The van der Waals surface area contributed by atoms with Gasteiger partial charge in [-0.2, -0.15) is 0 Å². The third kappa shape index (κ3) is 1.14. The lowest BCUT2D eigenvalue weighted by Crippen LogP contribution is -2.15. The Morgan fingerprint density at radius 1 is 1.57 bits per heavy atom. The van der Waals surface area contributed by atoms with Crippen molar-refractivity contribution in [1.82, 2.24) is 14.5 Å². The van der Waals surface area contributed by atoms with E-state index in [4.69, 9.17) is 0 Å². The van der Waals surface area contributed by atoms with Crippen LogP contribution in [0, 0.1) is 5.92 Å². The summed E-state index contributed by atoms with van der Waals surface area (Å²) in [6.07, 6.45) is 1.80. The van der Waals surface area contributed by atoms with Crippen molar-refractivity contribution >= 4 is 22.9 Å². The second-order valence-electron chi connectivity index (χ2n) is 3.77. The first-order valence-electron chi connectivity index (χ1n) is 4.78. The van der Waals surface area contributed by atoms with Gasteiger partial charge in [0.15, 0.2) is 10.8 Å². The van der Waals surface area contributed by atoms with Crippen LogP contribution in [0.4, 0.5) is 0 Å². The summed E-state index contributed by atoms with van der Waals surface area (Å²) in [7, 11) is 0. The highest BCUT2D eigenvalue weighted by atomic mass is 32.2. The summed E-state index contributed by atoms with van der Waals surface area (Å²) in [6.45, 7) is 3.35. The van der Waals surface area contributed by atoms with Gasteiger partial charge in [-0.05, 0) is 18.1 Å². The van der Waals surface area contributed by atoms with Gasteiger partial charge in [0.25, 0.3) is 0 Å². The van der Waals surface area contributed by atoms with Crippen molar-refractivity contribution in [2.24, 2.45) is 5.92 Å². The standard InChI is InChI=1S/C10H11N3S/c1-7-5-13-8-3-2-4-11-9(8)12-10(13)14-6-7/h2-4,7H,5-6H2,1H3. The van der Waals surface area contributed by atoms with Crippen LogP contribution in [-0.2, 0) is 6.54 Å². The van der Waals surface area contributed by atoms with Gasteiger partial charge in [-0.1, -0.05) is 18.7 Å². The van der Waals surface area contributed by atoms with E-state index < -0.39 is 0 Å². The van der Waals surface area contributed by atoms with Crippen LogP contribution in [0.25, 0.3) is 11.2 Å². The molecule has 0 amide bonds. The fourth-order valence-electron chi connectivity index (χ4n) is 1.81. The lowest BCUT2D eigenvalue weighted by atomic mass is 10.2. The zero-order valence-electron chi connectivity index (χ0n) is 7.97. The summed E-state index contributed by atoms with van der Waals surface area (Å²) in [5.41, 5.74) is 2.05. The van der Waals surface area contributed by atoms with Gasteiger partial charge in [0.2, 0.25) is 0 Å². The zero-order valence-corrected chi connectivity index (χ0v) is 8.79. The fraction of sp³-hybridized carbons (Fsp3) is 0.400. The highest BCUT2D eigenvalue weighted by molar-refractivity contribution is 7.99. The number of thioether (sulfide) groups is 1. The Morgan fingerprint density at radius 2 is 2.50 bits per heavy atom. The molecule has 3 nitrogen and oxygen atoms in total. The van der Waals surface area contributed by atoms with Gasteiger partial charge < -0.3 is 4.57 Å². The number of fused-ring (bicyclic) bond motifs is 3. The van der Waals surface area contributed by atoms with Crippen LogP contribution in [-0.4, -0.2) is 20.3 Å².